The summed E-state index contributed by atoms with van der Waals surface area (Å²) in [6.45, 7) is 5.84. The highest BCUT2D eigenvalue weighted by Gasteiger charge is 2.14. The van der Waals surface area contributed by atoms with E-state index in [1.165, 1.54) is 6.21 Å². The van der Waals surface area contributed by atoms with Crippen molar-refractivity contribution in [1.29, 1.82) is 5.41 Å². The highest BCUT2D eigenvalue weighted by molar-refractivity contribution is 6.08. The molecule has 1 aromatic carbocycles. The van der Waals surface area contributed by atoms with E-state index in [9.17, 15) is 0 Å². The standard InChI is InChI=1S/C19H27N5/c1-3-4-14-9-15(16(11-20)13-22-2)10-19(18(14)12-21)24-17-5-7-23-8-6-17/h3-4,9-13,17,20,22-24H,1,5-8,21H2,2H3/b14-4-,16-13+,18-12+,20-11?. The van der Waals surface area contributed by atoms with Gasteiger partial charge in [-0.3, -0.25) is 0 Å². The molecular weight excluding hydrogens is 298 g/mol. The third-order valence-corrected chi connectivity index (χ3v) is 4.16. The van der Waals surface area contributed by atoms with Gasteiger partial charge in [0.1, 0.15) is 0 Å². The lowest BCUT2D eigenvalue weighted by molar-refractivity contribution is 0.479. The summed E-state index contributed by atoms with van der Waals surface area (Å²) in [5.41, 5.74) is 8.68. The summed E-state index contributed by atoms with van der Waals surface area (Å²) in [4.78, 5) is 0. The van der Waals surface area contributed by atoms with Crippen molar-refractivity contribution < 1.29 is 0 Å². The molecule has 0 spiro atoms. The molecule has 6 N–H and O–H groups in total. The van der Waals surface area contributed by atoms with E-state index >= 15 is 0 Å². The molecule has 1 saturated heterocycles. The molecule has 24 heavy (non-hydrogen) atoms. The van der Waals surface area contributed by atoms with Crippen LogP contribution in [0.25, 0.3) is 17.8 Å². The van der Waals surface area contributed by atoms with Crippen molar-refractivity contribution in [2.45, 2.75) is 18.9 Å². The maximum absolute atomic E-state index is 7.67. The monoisotopic (exact) mass is 325 g/mol. The molecule has 5 heteroatoms. The van der Waals surface area contributed by atoms with Crippen LogP contribution >= 0.6 is 0 Å². The van der Waals surface area contributed by atoms with Gasteiger partial charge in [0.25, 0.3) is 0 Å². The van der Waals surface area contributed by atoms with E-state index in [2.05, 4.69) is 28.6 Å². The number of piperidine rings is 1. The molecule has 128 valence electrons. The van der Waals surface area contributed by atoms with Crippen LogP contribution in [-0.2, 0) is 0 Å². The number of hydrogen-bond acceptors (Lipinski definition) is 5. The van der Waals surface area contributed by atoms with Gasteiger partial charge in [-0.15, -0.1) is 0 Å². The third-order valence-electron chi connectivity index (χ3n) is 4.16. The summed E-state index contributed by atoms with van der Waals surface area (Å²) in [6, 6.07) is 4.52. The molecule has 0 aliphatic carbocycles. The van der Waals surface area contributed by atoms with Gasteiger partial charge in [0.15, 0.2) is 0 Å². The molecule has 0 bridgehead atoms. The summed E-state index contributed by atoms with van der Waals surface area (Å²) >= 11 is 0. The molecule has 0 saturated carbocycles. The molecule has 1 aliphatic heterocycles. The van der Waals surface area contributed by atoms with Crippen LogP contribution < -0.4 is 32.1 Å². The topological polar surface area (TPSA) is 86.0 Å². The second kappa shape index (κ2) is 8.93. The fourth-order valence-electron chi connectivity index (χ4n) is 2.96. The van der Waals surface area contributed by atoms with Gasteiger partial charge >= 0.3 is 0 Å². The lowest BCUT2D eigenvalue weighted by atomic mass is 10.0. The normalized spacial score (nSPS) is 17.6. The zero-order valence-corrected chi connectivity index (χ0v) is 14.2. The fraction of sp³-hybridized carbons (Fsp3) is 0.316. The minimum atomic E-state index is 0.425. The Morgan fingerprint density at radius 1 is 1.38 bits per heavy atom. The Morgan fingerprint density at radius 2 is 2.12 bits per heavy atom. The maximum Gasteiger partial charge on any atom is 0.0442 e. The first-order valence-electron chi connectivity index (χ1n) is 8.27. The molecule has 0 aromatic heterocycles. The Kier molecular flexibility index (Phi) is 6.63. The highest BCUT2D eigenvalue weighted by atomic mass is 15.0. The number of anilines is 1. The number of nitrogens with two attached hydrogens (primary N) is 1. The van der Waals surface area contributed by atoms with Crippen molar-refractivity contribution in [3.8, 4) is 0 Å². The smallest absolute Gasteiger partial charge is 0.0442 e. The quantitative estimate of drug-likeness (QED) is 0.499. The Bertz CT molecular complexity index is 727. The van der Waals surface area contributed by atoms with Crippen LogP contribution in [0, 0.1) is 5.41 Å². The van der Waals surface area contributed by atoms with Gasteiger partial charge in [0.2, 0.25) is 0 Å². The third kappa shape index (κ3) is 4.26. The second-order valence-electron chi connectivity index (χ2n) is 5.80. The molecule has 0 radical (unpaired) electrons. The lowest BCUT2D eigenvalue weighted by Gasteiger charge is -2.25. The summed E-state index contributed by atoms with van der Waals surface area (Å²) in [6.07, 6.45) is 10.7. The Labute approximate surface area is 143 Å². The molecule has 1 heterocycles. The number of rotatable bonds is 6. The zero-order chi connectivity index (χ0) is 17.4. The van der Waals surface area contributed by atoms with E-state index in [0.29, 0.717) is 6.04 Å². The van der Waals surface area contributed by atoms with Crippen molar-refractivity contribution in [2.75, 3.05) is 25.5 Å². The Balaban J connectivity index is 2.55. The molecule has 1 aromatic rings. The molecule has 5 nitrogen and oxygen atoms in total. The van der Waals surface area contributed by atoms with E-state index in [1.54, 1.807) is 12.3 Å². The van der Waals surface area contributed by atoms with Gasteiger partial charge in [-0.05, 0) is 48.8 Å². The van der Waals surface area contributed by atoms with Crippen LogP contribution in [0.1, 0.15) is 18.4 Å². The SMILES string of the molecule is C=C/C=c1/cc(/C(C=N)=C/NC)cc(NC2CCNCC2)/c1=C/N. The van der Waals surface area contributed by atoms with Crippen LogP contribution in [0.3, 0.4) is 0 Å². The van der Waals surface area contributed by atoms with Gasteiger partial charge in [0, 0.05) is 48.2 Å². The van der Waals surface area contributed by atoms with Crippen LogP contribution in [0.15, 0.2) is 31.0 Å². The summed E-state index contributed by atoms with van der Waals surface area (Å²) in [5, 5.41) is 19.6. The summed E-state index contributed by atoms with van der Waals surface area (Å²) < 4.78 is 0. The Hall–Kier alpha value is -2.53. The van der Waals surface area contributed by atoms with Crippen molar-refractivity contribution >= 4 is 29.8 Å². The van der Waals surface area contributed by atoms with Crippen LogP contribution in [0.2, 0.25) is 0 Å². The van der Waals surface area contributed by atoms with E-state index in [1.807, 2.05) is 25.4 Å². The van der Waals surface area contributed by atoms with Crippen molar-refractivity contribution in [1.82, 2.24) is 10.6 Å². The minimum absolute atomic E-state index is 0.425. The first-order chi connectivity index (χ1) is 11.7. The number of hydrogen-bond donors (Lipinski definition) is 5. The van der Waals surface area contributed by atoms with Gasteiger partial charge in [-0.2, -0.15) is 0 Å². The van der Waals surface area contributed by atoms with Gasteiger partial charge in [-0.1, -0.05) is 18.7 Å². The second-order valence-corrected chi connectivity index (χ2v) is 5.80. The minimum Gasteiger partial charge on any atom is -0.404 e. The molecule has 0 unspecified atom stereocenters. The van der Waals surface area contributed by atoms with E-state index in [0.717, 1.165) is 53.2 Å². The van der Waals surface area contributed by atoms with E-state index in [4.69, 9.17) is 11.1 Å². The number of nitrogens with one attached hydrogen (secondary N) is 4. The summed E-state index contributed by atoms with van der Waals surface area (Å²) in [5.74, 6) is 0. The zero-order valence-electron chi connectivity index (χ0n) is 14.2. The molecular formula is C19H27N5. The van der Waals surface area contributed by atoms with Crippen molar-refractivity contribution in [2.24, 2.45) is 5.73 Å². The van der Waals surface area contributed by atoms with Gasteiger partial charge in [-0.25, -0.2) is 0 Å². The average molecular weight is 325 g/mol. The molecule has 1 aliphatic rings. The van der Waals surface area contributed by atoms with E-state index in [-0.39, 0.29) is 0 Å². The highest BCUT2D eigenvalue weighted by Crippen LogP contribution is 2.15. The van der Waals surface area contributed by atoms with Gasteiger partial charge < -0.3 is 27.1 Å². The molecule has 1 fully saturated rings. The first-order valence-corrected chi connectivity index (χ1v) is 8.27. The fourth-order valence-corrected chi connectivity index (χ4v) is 2.96. The maximum atomic E-state index is 7.67. The predicted molar refractivity (Wildman–Crippen MR) is 104 cm³/mol. The molecule has 2 rings (SSSR count). The number of benzene rings is 1. The van der Waals surface area contributed by atoms with Crippen LogP contribution in [0.4, 0.5) is 5.69 Å². The summed E-state index contributed by atoms with van der Waals surface area (Å²) in [7, 11) is 1.83. The first kappa shape index (κ1) is 17.8. The van der Waals surface area contributed by atoms with Crippen LogP contribution in [-0.4, -0.2) is 32.4 Å². The van der Waals surface area contributed by atoms with E-state index < -0.39 is 0 Å². The Morgan fingerprint density at radius 3 is 2.71 bits per heavy atom. The van der Waals surface area contributed by atoms with Crippen molar-refractivity contribution in [3.63, 3.8) is 0 Å². The predicted octanol–water partition coefficient (Wildman–Crippen LogP) is 0.724. The van der Waals surface area contributed by atoms with Gasteiger partial charge in [0.05, 0.1) is 0 Å². The largest absolute Gasteiger partial charge is 0.404 e. The molecule has 0 atom stereocenters. The molecule has 0 amide bonds. The number of allylic oxidation sites excluding steroid dienone is 2. The lowest BCUT2D eigenvalue weighted by Crippen LogP contribution is -2.38. The van der Waals surface area contributed by atoms with Crippen LogP contribution in [0.5, 0.6) is 0 Å². The van der Waals surface area contributed by atoms with Crippen molar-refractivity contribution in [3.05, 3.63) is 47.0 Å². The average Bonchev–Trinajstić information content (AvgIpc) is 2.60.